The molecule has 0 saturated carbocycles. The molecule has 0 saturated heterocycles. The van der Waals surface area contributed by atoms with E-state index in [1.807, 2.05) is 18.2 Å². The monoisotopic (exact) mass is 262 g/mol. The van der Waals surface area contributed by atoms with Gasteiger partial charge in [0.15, 0.2) is 0 Å². The van der Waals surface area contributed by atoms with E-state index in [4.69, 9.17) is 5.73 Å². The van der Waals surface area contributed by atoms with E-state index in [2.05, 4.69) is 26.1 Å². The lowest BCUT2D eigenvalue weighted by Gasteiger charge is -2.15. The van der Waals surface area contributed by atoms with Gasteiger partial charge in [0.1, 0.15) is 0 Å². The minimum atomic E-state index is -0.357. The third-order valence-corrected chi connectivity index (χ3v) is 3.34. The molecule has 0 spiro atoms. The quantitative estimate of drug-likeness (QED) is 0.756. The lowest BCUT2D eigenvalue weighted by atomic mass is 10.0. The second-order valence-electron chi connectivity index (χ2n) is 5.63. The van der Waals surface area contributed by atoms with Gasteiger partial charge < -0.3 is 11.1 Å². The summed E-state index contributed by atoms with van der Waals surface area (Å²) >= 11 is 0. The van der Waals surface area contributed by atoms with Crippen molar-refractivity contribution in [2.45, 2.75) is 52.6 Å². The molecule has 0 aliphatic heterocycles. The van der Waals surface area contributed by atoms with Crippen LogP contribution in [-0.4, -0.2) is 11.9 Å². The zero-order valence-corrected chi connectivity index (χ0v) is 12.3. The maximum absolute atomic E-state index is 11.3. The highest BCUT2D eigenvalue weighted by Gasteiger charge is 2.08. The summed E-state index contributed by atoms with van der Waals surface area (Å²) < 4.78 is 0. The van der Waals surface area contributed by atoms with Crippen molar-refractivity contribution in [2.75, 3.05) is 0 Å². The molecule has 3 nitrogen and oxygen atoms in total. The van der Waals surface area contributed by atoms with Crippen molar-refractivity contribution in [3.05, 3.63) is 35.4 Å². The van der Waals surface area contributed by atoms with Crippen molar-refractivity contribution < 1.29 is 4.79 Å². The third kappa shape index (κ3) is 5.88. The highest BCUT2D eigenvalue weighted by Crippen LogP contribution is 2.11. The Kier molecular flexibility index (Phi) is 6.57. The highest BCUT2D eigenvalue weighted by molar-refractivity contribution is 5.94. The average Bonchev–Trinajstić information content (AvgIpc) is 2.36. The van der Waals surface area contributed by atoms with Crippen LogP contribution in [0.4, 0.5) is 0 Å². The van der Waals surface area contributed by atoms with Crippen LogP contribution < -0.4 is 11.1 Å². The van der Waals surface area contributed by atoms with E-state index in [1.54, 1.807) is 6.07 Å². The predicted octanol–water partition coefficient (Wildman–Crippen LogP) is 3.09. The van der Waals surface area contributed by atoms with Crippen molar-refractivity contribution in [3.8, 4) is 0 Å². The Labute approximate surface area is 116 Å². The Morgan fingerprint density at radius 3 is 2.53 bits per heavy atom. The number of hydrogen-bond acceptors (Lipinski definition) is 2. The fourth-order valence-corrected chi connectivity index (χ4v) is 2.13. The molecule has 0 heterocycles. The summed E-state index contributed by atoms with van der Waals surface area (Å²) in [7, 11) is 0. The number of nitrogens with one attached hydrogen (secondary N) is 1. The summed E-state index contributed by atoms with van der Waals surface area (Å²) in [5.41, 5.74) is 6.96. The predicted molar refractivity (Wildman–Crippen MR) is 80.0 cm³/mol. The van der Waals surface area contributed by atoms with Gasteiger partial charge in [-0.25, -0.2) is 0 Å². The van der Waals surface area contributed by atoms with Crippen molar-refractivity contribution in [3.63, 3.8) is 0 Å². The molecule has 0 radical (unpaired) electrons. The van der Waals surface area contributed by atoms with Crippen LogP contribution in [0.3, 0.4) is 0 Å². The summed E-state index contributed by atoms with van der Waals surface area (Å²) in [5.74, 6) is 0.410. The number of nitrogens with two attached hydrogens (primary N) is 1. The van der Waals surface area contributed by atoms with Crippen LogP contribution in [0.5, 0.6) is 0 Å². The lowest BCUT2D eigenvalue weighted by Crippen LogP contribution is -2.27. The Hall–Kier alpha value is -1.35. The van der Waals surface area contributed by atoms with Crippen LogP contribution in [-0.2, 0) is 6.54 Å². The van der Waals surface area contributed by atoms with Gasteiger partial charge in [0.25, 0.3) is 0 Å². The van der Waals surface area contributed by atoms with E-state index in [-0.39, 0.29) is 5.91 Å². The zero-order chi connectivity index (χ0) is 14.3. The Morgan fingerprint density at radius 1 is 1.21 bits per heavy atom. The van der Waals surface area contributed by atoms with Crippen LogP contribution in [0.1, 0.15) is 56.0 Å². The molecule has 1 amide bonds. The first-order valence-electron chi connectivity index (χ1n) is 7.11. The molecule has 0 aromatic heterocycles. The number of amides is 1. The fourth-order valence-electron chi connectivity index (χ4n) is 2.13. The maximum atomic E-state index is 11.3. The molecule has 1 aromatic rings. The summed E-state index contributed by atoms with van der Waals surface area (Å²) in [6, 6.07) is 7.97. The van der Waals surface area contributed by atoms with Crippen molar-refractivity contribution in [2.24, 2.45) is 11.7 Å². The largest absolute Gasteiger partial charge is 0.366 e. The molecule has 0 aliphatic rings. The summed E-state index contributed by atoms with van der Waals surface area (Å²) in [6.45, 7) is 7.39. The molecule has 0 bridgehead atoms. The van der Waals surface area contributed by atoms with Gasteiger partial charge in [-0.05, 0) is 30.9 Å². The summed E-state index contributed by atoms with van der Waals surface area (Å²) in [5, 5.41) is 3.46. The Bertz CT molecular complexity index is 401. The third-order valence-electron chi connectivity index (χ3n) is 3.34. The molecule has 19 heavy (non-hydrogen) atoms. The van der Waals surface area contributed by atoms with Gasteiger partial charge in [-0.1, -0.05) is 44.9 Å². The van der Waals surface area contributed by atoms with Gasteiger partial charge in [0, 0.05) is 18.2 Å². The topological polar surface area (TPSA) is 55.1 Å². The van der Waals surface area contributed by atoms with Gasteiger partial charge in [0.05, 0.1) is 0 Å². The summed E-state index contributed by atoms with van der Waals surface area (Å²) in [4.78, 5) is 11.3. The van der Waals surface area contributed by atoms with Crippen LogP contribution in [0.2, 0.25) is 0 Å². The van der Waals surface area contributed by atoms with Gasteiger partial charge in [-0.15, -0.1) is 0 Å². The summed E-state index contributed by atoms with van der Waals surface area (Å²) in [6.07, 6.45) is 3.67. The first-order valence-corrected chi connectivity index (χ1v) is 7.11. The SMILES string of the molecule is CC(C)CCCC(C)NCc1ccccc1C(N)=O. The van der Waals surface area contributed by atoms with Crippen molar-refractivity contribution in [1.82, 2.24) is 5.32 Å². The Morgan fingerprint density at radius 2 is 1.89 bits per heavy atom. The van der Waals surface area contributed by atoms with E-state index in [0.29, 0.717) is 18.2 Å². The molecule has 106 valence electrons. The number of hydrogen-bond donors (Lipinski definition) is 2. The standard InChI is InChI=1S/C16H26N2O/c1-12(2)7-6-8-13(3)18-11-14-9-4-5-10-15(14)16(17)19/h4-5,9-10,12-13,18H,6-8,11H2,1-3H3,(H2,17,19). The van der Waals surface area contributed by atoms with Crippen LogP contribution in [0.15, 0.2) is 24.3 Å². The van der Waals surface area contributed by atoms with Gasteiger partial charge >= 0.3 is 0 Å². The molecular formula is C16H26N2O. The van der Waals surface area contributed by atoms with E-state index in [0.717, 1.165) is 17.9 Å². The van der Waals surface area contributed by atoms with Gasteiger partial charge in [-0.3, -0.25) is 4.79 Å². The first kappa shape index (κ1) is 15.7. The van der Waals surface area contributed by atoms with E-state index >= 15 is 0 Å². The fraction of sp³-hybridized carbons (Fsp3) is 0.562. The molecular weight excluding hydrogens is 236 g/mol. The minimum absolute atomic E-state index is 0.357. The number of carbonyl (C=O) groups excluding carboxylic acids is 1. The number of benzene rings is 1. The molecule has 1 rings (SSSR count). The second kappa shape index (κ2) is 7.95. The molecule has 1 unspecified atom stereocenters. The second-order valence-corrected chi connectivity index (χ2v) is 5.63. The van der Waals surface area contributed by atoms with E-state index in [1.165, 1.54) is 12.8 Å². The van der Waals surface area contributed by atoms with Crippen LogP contribution in [0, 0.1) is 5.92 Å². The Balaban J connectivity index is 2.42. The van der Waals surface area contributed by atoms with E-state index < -0.39 is 0 Å². The normalized spacial score (nSPS) is 12.6. The molecule has 0 aliphatic carbocycles. The van der Waals surface area contributed by atoms with Crippen LogP contribution in [0.25, 0.3) is 0 Å². The maximum Gasteiger partial charge on any atom is 0.249 e. The van der Waals surface area contributed by atoms with Gasteiger partial charge in [-0.2, -0.15) is 0 Å². The number of carbonyl (C=O) groups is 1. The lowest BCUT2D eigenvalue weighted by molar-refractivity contribution is 0.0999. The smallest absolute Gasteiger partial charge is 0.249 e. The zero-order valence-electron chi connectivity index (χ0n) is 12.3. The molecule has 1 atom stereocenters. The number of rotatable bonds is 8. The molecule has 3 heteroatoms. The van der Waals surface area contributed by atoms with Gasteiger partial charge in [0.2, 0.25) is 5.91 Å². The average molecular weight is 262 g/mol. The van der Waals surface area contributed by atoms with Crippen molar-refractivity contribution in [1.29, 1.82) is 0 Å². The van der Waals surface area contributed by atoms with E-state index in [9.17, 15) is 4.79 Å². The van der Waals surface area contributed by atoms with Crippen LogP contribution >= 0.6 is 0 Å². The molecule has 3 N–H and O–H groups in total. The van der Waals surface area contributed by atoms with Crippen molar-refractivity contribution >= 4 is 5.91 Å². The highest BCUT2D eigenvalue weighted by atomic mass is 16.1. The minimum Gasteiger partial charge on any atom is -0.366 e. The first-order chi connectivity index (χ1) is 9.00. The molecule has 0 fully saturated rings. The number of primary amides is 1. The molecule has 1 aromatic carbocycles.